The van der Waals surface area contributed by atoms with Crippen molar-refractivity contribution in [2.24, 2.45) is 4.99 Å². The summed E-state index contributed by atoms with van der Waals surface area (Å²) in [6, 6.07) is 10.9. The molecule has 108 valence electrons. The van der Waals surface area contributed by atoms with Gasteiger partial charge < -0.3 is 9.84 Å². The van der Waals surface area contributed by atoms with Crippen LogP contribution in [0.15, 0.2) is 41.4 Å². The summed E-state index contributed by atoms with van der Waals surface area (Å²) in [6.45, 7) is 4.04. The van der Waals surface area contributed by atoms with Crippen LogP contribution in [-0.2, 0) is 0 Å². The van der Waals surface area contributed by atoms with Crippen molar-refractivity contribution in [2.45, 2.75) is 13.8 Å². The molecule has 0 fully saturated rings. The molecule has 0 unspecified atom stereocenters. The van der Waals surface area contributed by atoms with E-state index in [0.29, 0.717) is 11.3 Å². The van der Waals surface area contributed by atoms with Crippen LogP contribution in [0.1, 0.15) is 27.0 Å². The minimum absolute atomic E-state index is 0.127. The smallest absolute Gasteiger partial charge is 0.339 e. The van der Waals surface area contributed by atoms with E-state index in [2.05, 4.69) is 4.99 Å². The van der Waals surface area contributed by atoms with Crippen molar-refractivity contribution >= 4 is 17.9 Å². The summed E-state index contributed by atoms with van der Waals surface area (Å²) in [4.78, 5) is 15.6. The molecule has 21 heavy (non-hydrogen) atoms. The van der Waals surface area contributed by atoms with Crippen LogP contribution in [-0.4, -0.2) is 24.4 Å². The Hall–Kier alpha value is -2.62. The average molecular weight is 283 g/mol. The van der Waals surface area contributed by atoms with Gasteiger partial charge in [0.1, 0.15) is 11.3 Å². The number of rotatable bonds is 4. The van der Waals surface area contributed by atoms with Crippen LogP contribution in [0.2, 0.25) is 0 Å². The van der Waals surface area contributed by atoms with Crippen LogP contribution in [0.4, 0.5) is 5.69 Å². The third kappa shape index (κ3) is 3.28. The molecule has 0 aliphatic rings. The number of methoxy groups -OCH3 is 1. The Morgan fingerprint density at radius 1 is 1.24 bits per heavy atom. The van der Waals surface area contributed by atoms with Gasteiger partial charge in [0.25, 0.3) is 0 Å². The van der Waals surface area contributed by atoms with Crippen molar-refractivity contribution in [1.29, 1.82) is 0 Å². The van der Waals surface area contributed by atoms with Crippen LogP contribution >= 0.6 is 0 Å². The van der Waals surface area contributed by atoms with Gasteiger partial charge in [0.05, 0.1) is 12.8 Å². The third-order valence-electron chi connectivity index (χ3n) is 3.38. The minimum Gasteiger partial charge on any atom is -0.496 e. The lowest BCUT2D eigenvalue weighted by Gasteiger charge is -2.06. The molecular formula is C17H17NO3. The van der Waals surface area contributed by atoms with Crippen molar-refractivity contribution in [3.8, 4) is 5.75 Å². The molecule has 4 nitrogen and oxygen atoms in total. The van der Waals surface area contributed by atoms with Gasteiger partial charge in [-0.2, -0.15) is 0 Å². The Labute approximate surface area is 123 Å². The molecular weight excluding hydrogens is 266 g/mol. The highest BCUT2D eigenvalue weighted by Gasteiger charge is 2.10. The van der Waals surface area contributed by atoms with E-state index < -0.39 is 5.97 Å². The van der Waals surface area contributed by atoms with E-state index in [-0.39, 0.29) is 5.56 Å². The van der Waals surface area contributed by atoms with Gasteiger partial charge >= 0.3 is 5.97 Å². The maximum atomic E-state index is 11.2. The first-order valence-corrected chi connectivity index (χ1v) is 6.54. The molecule has 0 aliphatic carbocycles. The zero-order valence-corrected chi connectivity index (χ0v) is 12.3. The highest BCUT2D eigenvalue weighted by atomic mass is 16.5. The quantitative estimate of drug-likeness (QED) is 0.869. The maximum Gasteiger partial charge on any atom is 0.339 e. The molecule has 0 amide bonds. The average Bonchev–Trinajstić information content (AvgIpc) is 2.48. The fourth-order valence-electron chi connectivity index (χ4n) is 1.99. The van der Waals surface area contributed by atoms with Crippen LogP contribution in [0.3, 0.4) is 0 Å². The number of carbonyl (C=O) groups is 1. The third-order valence-corrected chi connectivity index (χ3v) is 3.38. The van der Waals surface area contributed by atoms with E-state index in [1.54, 1.807) is 24.4 Å². The van der Waals surface area contributed by atoms with Crippen molar-refractivity contribution < 1.29 is 14.6 Å². The first kappa shape index (κ1) is 14.8. The van der Waals surface area contributed by atoms with Gasteiger partial charge in [-0.05, 0) is 54.8 Å². The number of carboxylic acid groups (broad SMARTS) is 1. The molecule has 0 aliphatic heterocycles. The fourth-order valence-corrected chi connectivity index (χ4v) is 1.99. The predicted octanol–water partition coefficient (Wildman–Crippen LogP) is 3.76. The SMILES string of the molecule is COc1ccc(C=Nc2cccc(C)c2C)cc1C(=O)O. The van der Waals surface area contributed by atoms with E-state index >= 15 is 0 Å². The molecule has 0 saturated heterocycles. The second-order valence-corrected chi connectivity index (χ2v) is 4.74. The molecule has 0 atom stereocenters. The molecule has 0 bridgehead atoms. The second-order valence-electron chi connectivity index (χ2n) is 4.74. The Bertz CT molecular complexity index is 705. The summed E-state index contributed by atoms with van der Waals surface area (Å²) in [5, 5.41) is 9.16. The van der Waals surface area contributed by atoms with Crippen LogP contribution < -0.4 is 4.74 Å². The van der Waals surface area contributed by atoms with Crippen molar-refractivity contribution in [2.75, 3.05) is 7.11 Å². The Morgan fingerprint density at radius 2 is 2.00 bits per heavy atom. The van der Waals surface area contributed by atoms with Gasteiger partial charge in [-0.1, -0.05) is 12.1 Å². The van der Waals surface area contributed by atoms with Gasteiger partial charge in [0, 0.05) is 6.21 Å². The first-order chi connectivity index (χ1) is 10.0. The summed E-state index contributed by atoms with van der Waals surface area (Å²) in [5.74, 6) is -0.680. The van der Waals surface area contributed by atoms with Gasteiger partial charge in [-0.25, -0.2) is 4.79 Å². The van der Waals surface area contributed by atoms with Crippen LogP contribution in [0, 0.1) is 13.8 Å². The standard InChI is InChI=1S/C17H17NO3/c1-11-5-4-6-15(12(11)2)18-10-13-7-8-16(21-3)14(9-13)17(19)20/h4-10H,1-3H3,(H,19,20). The Morgan fingerprint density at radius 3 is 2.67 bits per heavy atom. The van der Waals surface area contributed by atoms with E-state index in [1.165, 1.54) is 12.7 Å². The molecule has 0 radical (unpaired) electrons. The summed E-state index contributed by atoms with van der Waals surface area (Å²) < 4.78 is 5.03. The van der Waals surface area contributed by atoms with E-state index in [1.807, 2.05) is 32.0 Å². The number of aryl methyl sites for hydroxylation is 1. The fraction of sp³-hybridized carbons (Fsp3) is 0.176. The number of aromatic carboxylic acids is 1. The summed E-state index contributed by atoms with van der Waals surface area (Å²) in [5.41, 5.74) is 4.01. The number of hydrogen-bond donors (Lipinski definition) is 1. The van der Waals surface area contributed by atoms with Gasteiger partial charge in [0.15, 0.2) is 0 Å². The molecule has 2 aromatic carbocycles. The van der Waals surface area contributed by atoms with Crippen molar-refractivity contribution in [3.63, 3.8) is 0 Å². The molecule has 2 aromatic rings. The zero-order valence-electron chi connectivity index (χ0n) is 12.3. The number of nitrogens with zero attached hydrogens (tertiary/aromatic N) is 1. The number of aliphatic imine (C=N–C) groups is 1. The minimum atomic E-state index is -1.02. The highest BCUT2D eigenvalue weighted by molar-refractivity contribution is 5.94. The Balaban J connectivity index is 2.35. The molecule has 0 aromatic heterocycles. The largest absolute Gasteiger partial charge is 0.496 e. The van der Waals surface area contributed by atoms with Gasteiger partial charge in [0.2, 0.25) is 0 Å². The highest BCUT2D eigenvalue weighted by Crippen LogP contribution is 2.22. The topological polar surface area (TPSA) is 58.9 Å². The summed E-state index contributed by atoms with van der Waals surface area (Å²) in [7, 11) is 1.45. The zero-order chi connectivity index (χ0) is 15.4. The molecule has 0 spiro atoms. The molecule has 4 heteroatoms. The maximum absolute atomic E-state index is 11.2. The van der Waals surface area contributed by atoms with E-state index in [4.69, 9.17) is 9.84 Å². The van der Waals surface area contributed by atoms with Crippen LogP contribution in [0.25, 0.3) is 0 Å². The van der Waals surface area contributed by atoms with Gasteiger partial charge in [-0.3, -0.25) is 4.99 Å². The lowest BCUT2D eigenvalue weighted by Crippen LogP contribution is -2.01. The lowest BCUT2D eigenvalue weighted by atomic mass is 10.1. The monoisotopic (exact) mass is 283 g/mol. The lowest BCUT2D eigenvalue weighted by molar-refractivity contribution is 0.0693. The number of benzene rings is 2. The van der Waals surface area contributed by atoms with Crippen LogP contribution in [0.5, 0.6) is 5.75 Å². The van der Waals surface area contributed by atoms with E-state index in [9.17, 15) is 4.79 Å². The molecule has 0 heterocycles. The predicted molar refractivity (Wildman–Crippen MR) is 83.1 cm³/mol. The molecule has 0 saturated carbocycles. The normalized spacial score (nSPS) is 10.8. The Kier molecular flexibility index (Phi) is 4.38. The number of ether oxygens (including phenoxy) is 1. The van der Waals surface area contributed by atoms with Gasteiger partial charge in [-0.15, -0.1) is 0 Å². The summed E-state index contributed by atoms with van der Waals surface area (Å²) in [6.07, 6.45) is 1.66. The number of hydrogen-bond acceptors (Lipinski definition) is 3. The molecule has 1 N–H and O–H groups in total. The van der Waals surface area contributed by atoms with Crippen molar-refractivity contribution in [3.05, 3.63) is 58.7 Å². The van der Waals surface area contributed by atoms with Crippen molar-refractivity contribution in [1.82, 2.24) is 0 Å². The number of carboxylic acids is 1. The molecule has 2 rings (SSSR count). The first-order valence-electron chi connectivity index (χ1n) is 6.54. The summed E-state index contributed by atoms with van der Waals surface area (Å²) >= 11 is 0. The second kappa shape index (κ2) is 6.22. The van der Waals surface area contributed by atoms with E-state index in [0.717, 1.165) is 11.3 Å².